The van der Waals surface area contributed by atoms with Gasteiger partial charge in [0.15, 0.2) is 5.78 Å². The van der Waals surface area contributed by atoms with Crippen molar-refractivity contribution in [3.05, 3.63) is 23.3 Å². The smallest absolute Gasteiger partial charge is 0.161 e. The minimum Gasteiger partial charge on any atom is -0.294 e. The Morgan fingerprint density at radius 2 is 2.27 bits per heavy atom. The second-order valence-corrected chi connectivity index (χ2v) is 4.86. The molecule has 1 aliphatic rings. The van der Waals surface area contributed by atoms with Gasteiger partial charge in [0.2, 0.25) is 0 Å². The number of allylic oxidation sites excluding steroid dienone is 4. The molecular weight excluding hydrogens is 184 g/mol. The Bertz CT molecular complexity index is 294. The van der Waals surface area contributed by atoms with E-state index < -0.39 is 0 Å². The number of carbonyl (C=O) groups excluding carboxylic acids is 1. The highest BCUT2D eigenvalue weighted by Gasteiger charge is 2.21. The SMILES string of the molecule is CC1=CCC[C@H](C/C=C(\C)C(C)C)C1=O. The zero-order valence-electron chi connectivity index (χ0n) is 10.3. The largest absolute Gasteiger partial charge is 0.294 e. The number of hydrogen-bond donors (Lipinski definition) is 0. The number of carbonyl (C=O) groups is 1. The molecule has 15 heavy (non-hydrogen) atoms. The highest BCUT2D eigenvalue weighted by molar-refractivity contribution is 5.97. The van der Waals surface area contributed by atoms with Crippen LogP contribution in [0.25, 0.3) is 0 Å². The van der Waals surface area contributed by atoms with Crippen molar-refractivity contribution in [3.63, 3.8) is 0 Å². The normalized spacial score (nSPS) is 23.3. The van der Waals surface area contributed by atoms with Crippen LogP contribution >= 0.6 is 0 Å². The maximum absolute atomic E-state index is 11.8. The summed E-state index contributed by atoms with van der Waals surface area (Å²) in [5, 5.41) is 0. The lowest BCUT2D eigenvalue weighted by atomic mass is 9.85. The molecule has 0 N–H and O–H groups in total. The second-order valence-electron chi connectivity index (χ2n) is 4.86. The van der Waals surface area contributed by atoms with Crippen molar-refractivity contribution < 1.29 is 4.79 Å². The summed E-state index contributed by atoms with van der Waals surface area (Å²) in [6, 6.07) is 0. The molecule has 0 fully saturated rings. The molecule has 0 heterocycles. The van der Waals surface area contributed by atoms with Crippen LogP contribution in [-0.4, -0.2) is 5.78 Å². The van der Waals surface area contributed by atoms with Crippen molar-refractivity contribution >= 4 is 5.78 Å². The minimum atomic E-state index is 0.240. The number of rotatable bonds is 3. The highest BCUT2D eigenvalue weighted by Crippen LogP contribution is 2.24. The van der Waals surface area contributed by atoms with E-state index in [4.69, 9.17) is 0 Å². The van der Waals surface area contributed by atoms with Gasteiger partial charge in [0, 0.05) is 5.92 Å². The van der Waals surface area contributed by atoms with Crippen LogP contribution in [0.3, 0.4) is 0 Å². The Morgan fingerprint density at radius 3 is 2.87 bits per heavy atom. The zero-order chi connectivity index (χ0) is 11.4. The van der Waals surface area contributed by atoms with Crippen molar-refractivity contribution in [2.24, 2.45) is 11.8 Å². The van der Waals surface area contributed by atoms with E-state index >= 15 is 0 Å². The minimum absolute atomic E-state index is 0.240. The van der Waals surface area contributed by atoms with Gasteiger partial charge in [0.25, 0.3) is 0 Å². The third-order valence-corrected chi connectivity index (χ3v) is 3.36. The zero-order valence-corrected chi connectivity index (χ0v) is 10.3. The van der Waals surface area contributed by atoms with Crippen LogP contribution in [0.1, 0.15) is 47.0 Å². The van der Waals surface area contributed by atoms with Gasteiger partial charge in [-0.05, 0) is 44.6 Å². The standard InChI is InChI=1S/C14H22O/c1-10(2)11(3)8-9-13-7-5-6-12(4)14(13)15/h6,8,10,13H,5,7,9H2,1-4H3/b11-8+/t13-/m1/s1. The van der Waals surface area contributed by atoms with Gasteiger partial charge in [-0.1, -0.05) is 31.6 Å². The van der Waals surface area contributed by atoms with Crippen LogP contribution in [-0.2, 0) is 4.79 Å². The van der Waals surface area contributed by atoms with Gasteiger partial charge in [0.1, 0.15) is 0 Å². The molecule has 1 aliphatic carbocycles. The van der Waals surface area contributed by atoms with Crippen LogP contribution in [0.4, 0.5) is 0 Å². The summed E-state index contributed by atoms with van der Waals surface area (Å²) >= 11 is 0. The average molecular weight is 206 g/mol. The van der Waals surface area contributed by atoms with Crippen LogP contribution in [0, 0.1) is 11.8 Å². The third-order valence-electron chi connectivity index (χ3n) is 3.36. The number of Topliss-reactive ketones (excluding diaryl/α,β-unsaturated/α-hetero) is 1. The first-order valence-corrected chi connectivity index (χ1v) is 5.90. The molecule has 1 nitrogen and oxygen atoms in total. The molecule has 0 aromatic rings. The van der Waals surface area contributed by atoms with Gasteiger partial charge in [-0.25, -0.2) is 0 Å². The van der Waals surface area contributed by atoms with Crippen molar-refractivity contribution in [1.82, 2.24) is 0 Å². The monoisotopic (exact) mass is 206 g/mol. The summed E-state index contributed by atoms with van der Waals surface area (Å²) < 4.78 is 0. The number of hydrogen-bond acceptors (Lipinski definition) is 1. The third kappa shape index (κ3) is 3.33. The predicted octanol–water partition coefficient (Wildman–Crippen LogP) is 3.90. The molecule has 0 aliphatic heterocycles. The molecular formula is C14H22O. The molecule has 0 radical (unpaired) electrons. The molecule has 0 spiro atoms. The molecule has 0 unspecified atom stereocenters. The molecule has 1 rings (SSSR count). The van der Waals surface area contributed by atoms with E-state index in [1.165, 1.54) is 5.57 Å². The summed E-state index contributed by atoms with van der Waals surface area (Å²) in [4.78, 5) is 11.8. The molecule has 0 aromatic carbocycles. The molecule has 0 bridgehead atoms. The van der Waals surface area contributed by atoms with Gasteiger partial charge < -0.3 is 0 Å². The van der Waals surface area contributed by atoms with Gasteiger partial charge in [0.05, 0.1) is 0 Å². The van der Waals surface area contributed by atoms with Crippen molar-refractivity contribution in [2.75, 3.05) is 0 Å². The Morgan fingerprint density at radius 1 is 1.60 bits per heavy atom. The summed E-state index contributed by atoms with van der Waals surface area (Å²) in [7, 11) is 0. The fourth-order valence-electron chi connectivity index (χ4n) is 1.84. The van der Waals surface area contributed by atoms with Crippen molar-refractivity contribution in [3.8, 4) is 0 Å². The molecule has 1 atom stereocenters. The molecule has 0 saturated carbocycles. The van der Waals surface area contributed by atoms with Crippen molar-refractivity contribution in [1.29, 1.82) is 0 Å². The lowest BCUT2D eigenvalue weighted by Crippen LogP contribution is -2.18. The summed E-state index contributed by atoms with van der Waals surface area (Å²) in [6.45, 7) is 8.48. The fraction of sp³-hybridized carbons (Fsp3) is 0.643. The quantitative estimate of drug-likeness (QED) is 0.640. The first-order valence-electron chi connectivity index (χ1n) is 5.90. The van der Waals surface area contributed by atoms with Crippen LogP contribution in [0.2, 0.25) is 0 Å². The van der Waals surface area contributed by atoms with E-state index in [0.29, 0.717) is 11.7 Å². The summed E-state index contributed by atoms with van der Waals surface area (Å²) in [5.74, 6) is 1.19. The summed E-state index contributed by atoms with van der Waals surface area (Å²) in [5.41, 5.74) is 2.36. The molecule has 0 saturated heterocycles. The van der Waals surface area contributed by atoms with E-state index in [-0.39, 0.29) is 5.92 Å². The van der Waals surface area contributed by atoms with Crippen LogP contribution in [0.15, 0.2) is 23.3 Å². The Labute approximate surface area is 93.3 Å². The molecule has 0 aromatic heterocycles. The Kier molecular flexibility index (Phi) is 4.31. The van der Waals surface area contributed by atoms with Crippen LogP contribution < -0.4 is 0 Å². The Hall–Kier alpha value is -0.850. The fourth-order valence-corrected chi connectivity index (χ4v) is 1.84. The van der Waals surface area contributed by atoms with E-state index in [1.807, 2.05) is 6.92 Å². The predicted molar refractivity (Wildman–Crippen MR) is 64.7 cm³/mol. The first-order chi connectivity index (χ1) is 7.02. The average Bonchev–Trinajstić information content (AvgIpc) is 2.19. The number of ketones is 1. The molecule has 84 valence electrons. The lowest BCUT2D eigenvalue weighted by Gasteiger charge is -2.18. The highest BCUT2D eigenvalue weighted by atomic mass is 16.1. The van der Waals surface area contributed by atoms with E-state index in [1.54, 1.807) is 0 Å². The molecule has 0 amide bonds. The maximum Gasteiger partial charge on any atom is 0.161 e. The van der Waals surface area contributed by atoms with Gasteiger partial charge in [-0.2, -0.15) is 0 Å². The lowest BCUT2D eigenvalue weighted by molar-refractivity contribution is -0.119. The topological polar surface area (TPSA) is 17.1 Å². The van der Waals surface area contributed by atoms with E-state index in [0.717, 1.165) is 24.8 Å². The van der Waals surface area contributed by atoms with Gasteiger partial charge in [-0.15, -0.1) is 0 Å². The van der Waals surface area contributed by atoms with Gasteiger partial charge in [-0.3, -0.25) is 4.79 Å². The van der Waals surface area contributed by atoms with E-state index in [2.05, 4.69) is 32.9 Å². The van der Waals surface area contributed by atoms with Gasteiger partial charge >= 0.3 is 0 Å². The summed E-state index contributed by atoms with van der Waals surface area (Å²) in [6.07, 6.45) is 7.33. The second kappa shape index (κ2) is 5.29. The maximum atomic E-state index is 11.8. The molecule has 1 heteroatoms. The van der Waals surface area contributed by atoms with Crippen LogP contribution in [0.5, 0.6) is 0 Å². The van der Waals surface area contributed by atoms with E-state index in [9.17, 15) is 4.79 Å². The first kappa shape index (κ1) is 12.2. The Balaban J connectivity index is 2.57. The van der Waals surface area contributed by atoms with Crippen molar-refractivity contribution in [2.45, 2.75) is 47.0 Å².